The number of hydrogen-bond donors (Lipinski definition) is 2. The van der Waals surface area contributed by atoms with E-state index in [0.717, 1.165) is 11.3 Å². The van der Waals surface area contributed by atoms with Crippen molar-refractivity contribution in [1.29, 1.82) is 10.5 Å². The van der Waals surface area contributed by atoms with Gasteiger partial charge in [0.1, 0.15) is 66.2 Å². The summed E-state index contributed by atoms with van der Waals surface area (Å²) in [5, 5.41) is 18.8. The van der Waals surface area contributed by atoms with Gasteiger partial charge in [0.05, 0.1) is 0 Å². The van der Waals surface area contributed by atoms with E-state index in [1.54, 1.807) is 24.3 Å². The second kappa shape index (κ2) is 11.3. The van der Waals surface area contributed by atoms with Crippen LogP contribution in [0.1, 0.15) is 16.7 Å². The standard InChI is InChI=1S/C28H22N4O4/c29-16-24-26(25(17-30)28(33)32-27(24)31)20-6-8-21(9-7-20)34-14-15-35-22-10-12-23(13-11-22)36-18-19-4-2-1-3-5-19/h1-13H,14-15,18H2,(H3,31,32,33). The van der Waals surface area contributed by atoms with Crippen molar-refractivity contribution in [3.05, 3.63) is 106 Å². The summed E-state index contributed by atoms with van der Waals surface area (Å²) in [7, 11) is 0. The maximum Gasteiger partial charge on any atom is 0.268 e. The molecule has 0 aliphatic carbocycles. The van der Waals surface area contributed by atoms with Crippen molar-refractivity contribution < 1.29 is 14.2 Å². The van der Waals surface area contributed by atoms with Crippen LogP contribution in [-0.2, 0) is 6.61 Å². The van der Waals surface area contributed by atoms with Crippen LogP contribution >= 0.6 is 0 Å². The first-order valence-electron chi connectivity index (χ1n) is 11.1. The van der Waals surface area contributed by atoms with Crippen molar-refractivity contribution in [3.63, 3.8) is 0 Å². The van der Waals surface area contributed by atoms with Gasteiger partial charge in [0.15, 0.2) is 0 Å². The highest BCUT2D eigenvalue weighted by Crippen LogP contribution is 2.29. The lowest BCUT2D eigenvalue weighted by atomic mass is 9.97. The molecule has 0 bridgehead atoms. The highest BCUT2D eigenvalue weighted by molar-refractivity contribution is 5.80. The number of rotatable bonds is 9. The van der Waals surface area contributed by atoms with Crippen molar-refractivity contribution in [2.45, 2.75) is 6.61 Å². The smallest absolute Gasteiger partial charge is 0.268 e. The quantitative estimate of drug-likeness (QED) is 0.340. The molecule has 0 saturated heterocycles. The number of nitrogen functional groups attached to an aromatic ring is 1. The highest BCUT2D eigenvalue weighted by Gasteiger charge is 2.18. The monoisotopic (exact) mass is 478 g/mol. The van der Waals surface area contributed by atoms with E-state index in [0.29, 0.717) is 36.9 Å². The zero-order chi connectivity index (χ0) is 25.3. The Bertz CT molecular complexity index is 1470. The molecule has 3 N–H and O–H groups in total. The average Bonchev–Trinajstić information content (AvgIpc) is 2.91. The molecule has 0 amide bonds. The van der Waals surface area contributed by atoms with Gasteiger partial charge in [-0.1, -0.05) is 42.5 Å². The third-order valence-electron chi connectivity index (χ3n) is 5.30. The molecule has 0 aliphatic heterocycles. The van der Waals surface area contributed by atoms with Crippen LogP contribution in [0.25, 0.3) is 11.1 Å². The minimum atomic E-state index is -0.641. The van der Waals surface area contributed by atoms with Gasteiger partial charge in [-0.3, -0.25) is 4.79 Å². The summed E-state index contributed by atoms with van der Waals surface area (Å²) < 4.78 is 17.2. The largest absolute Gasteiger partial charge is 0.490 e. The van der Waals surface area contributed by atoms with E-state index in [-0.39, 0.29) is 22.5 Å². The van der Waals surface area contributed by atoms with Crippen LogP contribution in [0.2, 0.25) is 0 Å². The molecule has 0 saturated carbocycles. The number of nitrogens with zero attached hydrogens (tertiary/aromatic N) is 2. The summed E-state index contributed by atoms with van der Waals surface area (Å²) in [6, 6.07) is 27.8. The van der Waals surface area contributed by atoms with Crippen molar-refractivity contribution in [3.8, 4) is 40.5 Å². The summed E-state index contributed by atoms with van der Waals surface area (Å²) >= 11 is 0. The molecule has 4 aromatic rings. The number of aromatic amines is 1. The zero-order valence-corrected chi connectivity index (χ0v) is 19.2. The van der Waals surface area contributed by atoms with E-state index < -0.39 is 5.56 Å². The van der Waals surface area contributed by atoms with Gasteiger partial charge in [-0.25, -0.2) is 0 Å². The zero-order valence-electron chi connectivity index (χ0n) is 19.2. The minimum Gasteiger partial charge on any atom is -0.490 e. The van der Waals surface area contributed by atoms with Crippen molar-refractivity contribution >= 4 is 5.82 Å². The van der Waals surface area contributed by atoms with Crippen LogP contribution in [0.4, 0.5) is 5.82 Å². The van der Waals surface area contributed by atoms with Gasteiger partial charge in [0.25, 0.3) is 5.56 Å². The van der Waals surface area contributed by atoms with Crippen LogP contribution in [0.15, 0.2) is 83.7 Å². The Labute approximate surface area is 207 Å². The molecule has 1 aromatic heterocycles. The summed E-state index contributed by atoms with van der Waals surface area (Å²) in [5.74, 6) is 1.94. The minimum absolute atomic E-state index is 0.0460. The number of benzene rings is 3. The number of H-pyrrole nitrogens is 1. The summed E-state index contributed by atoms with van der Waals surface area (Å²) in [6.07, 6.45) is 0. The molecule has 0 atom stereocenters. The Kier molecular flexibility index (Phi) is 7.50. The van der Waals surface area contributed by atoms with E-state index in [1.165, 1.54) is 0 Å². The van der Waals surface area contributed by atoms with Gasteiger partial charge in [0.2, 0.25) is 0 Å². The van der Waals surface area contributed by atoms with E-state index in [4.69, 9.17) is 19.9 Å². The van der Waals surface area contributed by atoms with E-state index >= 15 is 0 Å². The lowest BCUT2D eigenvalue weighted by Gasteiger charge is -2.11. The normalized spacial score (nSPS) is 10.2. The predicted molar refractivity (Wildman–Crippen MR) is 135 cm³/mol. The topological polar surface area (TPSA) is 134 Å². The fraction of sp³-hybridized carbons (Fsp3) is 0.107. The first-order valence-corrected chi connectivity index (χ1v) is 11.1. The molecule has 8 heteroatoms. The number of nitrogens with two attached hydrogens (primary N) is 1. The Morgan fingerprint density at radius 3 is 1.81 bits per heavy atom. The van der Waals surface area contributed by atoms with E-state index in [1.807, 2.05) is 66.7 Å². The van der Waals surface area contributed by atoms with E-state index in [9.17, 15) is 15.3 Å². The van der Waals surface area contributed by atoms with Gasteiger partial charge < -0.3 is 24.9 Å². The molecular weight excluding hydrogens is 456 g/mol. The van der Waals surface area contributed by atoms with Crippen LogP contribution in [0.3, 0.4) is 0 Å². The molecule has 0 radical (unpaired) electrons. The van der Waals surface area contributed by atoms with Crippen LogP contribution in [0, 0.1) is 22.7 Å². The molecular formula is C28H22N4O4. The Hall–Kier alpha value is -5.21. The highest BCUT2D eigenvalue weighted by atomic mass is 16.5. The number of anilines is 1. The molecule has 0 fully saturated rings. The van der Waals surface area contributed by atoms with Crippen LogP contribution in [-0.4, -0.2) is 18.2 Å². The van der Waals surface area contributed by atoms with E-state index in [2.05, 4.69) is 4.98 Å². The third kappa shape index (κ3) is 5.64. The Balaban J connectivity index is 1.30. The lowest BCUT2D eigenvalue weighted by molar-refractivity contribution is 0.217. The van der Waals surface area contributed by atoms with Crippen molar-refractivity contribution in [2.75, 3.05) is 18.9 Å². The maximum absolute atomic E-state index is 12.1. The number of aromatic nitrogens is 1. The summed E-state index contributed by atoms with van der Waals surface area (Å²) in [4.78, 5) is 14.4. The Morgan fingerprint density at radius 2 is 1.25 bits per heavy atom. The number of ether oxygens (including phenoxy) is 3. The van der Waals surface area contributed by atoms with Gasteiger partial charge in [0, 0.05) is 5.56 Å². The predicted octanol–water partition coefficient (Wildman–Crippen LogP) is 4.40. The maximum atomic E-state index is 12.1. The second-order valence-electron chi connectivity index (χ2n) is 7.68. The molecule has 4 rings (SSSR count). The number of nitrogens with one attached hydrogen (secondary N) is 1. The van der Waals surface area contributed by atoms with Crippen LogP contribution in [0.5, 0.6) is 17.2 Å². The van der Waals surface area contributed by atoms with Crippen molar-refractivity contribution in [2.24, 2.45) is 0 Å². The molecule has 0 spiro atoms. The van der Waals surface area contributed by atoms with Crippen molar-refractivity contribution in [1.82, 2.24) is 4.98 Å². The number of nitriles is 2. The summed E-state index contributed by atoms with van der Waals surface area (Å²) in [6.45, 7) is 1.13. The van der Waals surface area contributed by atoms with Gasteiger partial charge in [-0.05, 0) is 47.5 Å². The molecule has 3 aromatic carbocycles. The second-order valence-corrected chi connectivity index (χ2v) is 7.68. The molecule has 0 unspecified atom stereocenters. The third-order valence-corrected chi connectivity index (χ3v) is 5.30. The Morgan fingerprint density at radius 1 is 0.722 bits per heavy atom. The number of hydrogen-bond acceptors (Lipinski definition) is 7. The molecule has 1 heterocycles. The first kappa shape index (κ1) is 23.9. The van der Waals surface area contributed by atoms with Gasteiger partial charge in [-0.2, -0.15) is 10.5 Å². The molecule has 8 nitrogen and oxygen atoms in total. The summed E-state index contributed by atoms with van der Waals surface area (Å²) in [5.41, 5.74) is 6.82. The molecule has 178 valence electrons. The molecule has 0 aliphatic rings. The lowest BCUT2D eigenvalue weighted by Crippen LogP contribution is -2.16. The number of pyridine rings is 1. The van der Waals surface area contributed by atoms with Gasteiger partial charge >= 0.3 is 0 Å². The van der Waals surface area contributed by atoms with Gasteiger partial charge in [-0.15, -0.1) is 0 Å². The fourth-order valence-corrected chi connectivity index (χ4v) is 3.54. The van der Waals surface area contributed by atoms with Crippen LogP contribution < -0.4 is 25.5 Å². The molecule has 36 heavy (non-hydrogen) atoms. The fourth-order valence-electron chi connectivity index (χ4n) is 3.54. The first-order chi connectivity index (χ1) is 17.6. The average molecular weight is 479 g/mol. The SMILES string of the molecule is N#Cc1c(N)[nH]c(=O)c(C#N)c1-c1ccc(OCCOc2ccc(OCc3ccccc3)cc2)cc1.